The number of hydrogen-bond donors (Lipinski definition) is 1. The molecule has 0 radical (unpaired) electrons. The van der Waals surface area contributed by atoms with Crippen LogP contribution in [0.15, 0.2) is 30.7 Å². The van der Waals surface area contributed by atoms with Gasteiger partial charge in [-0.1, -0.05) is 5.21 Å². The van der Waals surface area contributed by atoms with Gasteiger partial charge in [0.1, 0.15) is 12.4 Å². The molecule has 21 heavy (non-hydrogen) atoms. The highest BCUT2D eigenvalue weighted by atomic mass is 16.2. The summed E-state index contributed by atoms with van der Waals surface area (Å²) >= 11 is 0. The second-order valence-electron chi connectivity index (χ2n) is 5.10. The lowest BCUT2D eigenvalue weighted by atomic mass is 10.1. The largest absolute Gasteiger partial charge is 0.370 e. The molecule has 0 bridgehead atoms. The third kappa shape index (κ3) is 3.56. The second-order valence-corrected chi connectivity index (χ2v) is 5.10. The zero-order chi connectivity index (χ0) is 14.5. The predicted octanol–water partition coefficient (Wildman–Crippen LogP) is 1.30. The number of nitrogens with one attached hydrogen (secondary N) is 1. The van der Waals surface area contributed by atoms with Gasteiger partial charge in [-0.3, -0.25) is 4.79 Å². The lowest BCUT2D eigenvalue weighted by Gasteiger charge is -2.28. The standard InChI is InChI=1S/C14H18N6O/c21-14(11-20-9-6-16-18-20)17-13-5-4-12(10-15-13)19-7-2-1-3-8-19/h4-6,9-10H,1-3,7-8,11H2,(H,15,17,21). The normalized spacial score (nSPS) is 15.0. The van der Waals surface area contributed by atoms with Gasteiger partial charge >= 0.3 is 0 Å². The second kappa shape index (κ2) is 6.34. The molecule has 2 aromatic heterocycles. The van der Waals surface area contributed by atoms with Gasteiger partial charge in [0.2, 0.25) is 5.91 Å². The molecule has 0 unspecified atom stereocenters. The molecule has 3 rings (SSSR count). The van der Waals surface area contributed by atoms with E-state index < -0.39 is 0 Å². The van der Waals surface area contributed by atoms with Gasteiger partial charge in [-0.05, 0) is 31.4 Å². The number of anilines is 2. The minimum Gasteiger partial charge on any atom is -0.370 e. The average Bonchev–Trinajstić information content (AvgIpc) is 3.02. The number of rotatable bonds is 4. The summed E-state index contributed by atoms with van der Waals surface area (Å²) < 4.78 is 1.47. The van der Waals surface area contributed by atoms with Crippen molar-refractivity contribution in [1.29, 1.82) is 0 Å². The smallest absolute Gasteiger partial charge is 0.247 e. The lowest BCUT2D eigenvalue weighted by Crippen LogP contribution is -2.29. The number of aromatic nitrogens is 4. The maximum absolute atomic E-state index is 11.8. The van der Waals surface area contributed by atoms with Crippen LogP contribution in [-0.4, -0.2) is 39.0 Å². The SMILES string of the molecule is O=C(Cn1ccnn1)Nc1ccc(N2CCCCC2)cn1. The molecule has 0 spiro atoms. The van der Waals surface area contributed by atoms with Gasteiger partial charge in [-0.25, -0.2) is 9.67 Å². The first-order valence-corrected chi connectivity index (χ1v) is 7.16. The van der Waals surface area contributed by atoms with E-state index in [1.54, 1.807) is 12.4 Å². The van der Waals surface area contributed by atoms with Crippen molar-refractivity contribution < 1.29 is 4.79 Å². The van der Waals surface area contributed by atoms with E-state index in [0.717, 1.165) is 18.8 Å². The van der Waals surface area contributed by atoms with Crippen LogP contribution in [0, 0.1) is 0 Å². The zero-order valence-electron chi connectivity index (χ0n) is 11.8. The van der Waals surface area contributed by atoms with Crippen LogP contribution in [0.1, 0.15) is 19.3 Å². The van der Waals surface area contributed by atoms with Crippen LogP contribution >= 0.6 is 0 Å². The molecule has 1 saturated heterocycles. The van der Waals surface area contributed by atoms with Gasteiger partial charge in [0.15, 0.2) is 0 Å². The Balaban J connectivity index is 1.57. The Bertz CT molecular complexity index is 574. The summed E-state index contributed by atoms with van der Waals surface area (Å²) in [7, 11) is 0. The monoisotopic (exact) mass is 286 g/mol. The van der Waals surface area contributed by atoms with E-state index in [-0.39, 0.29) is 12.5 Å². The van der Waals surface area contributed by atoms with E-state index in [9.17, 15) is 4.79 Å². The molecular weight excluding hydrogens is 268 g/mol. The Kier molecular flexibility index (Phi) is 4.09. The fourth-order valence-corrected chi connectivity index (χ4v) is 2.45. The maximum atomic E-state index is 11.8. The zero-order valence-corrected chi connectivity index (χ0v) is 11.8. The summed E-state index contributed by atoms with van der Waals surface area (Å²) in [5, 5.41) is 10.2. The topological polar surface area (TPSA) is 75.9 Å². The van der Waals surface area contributed by atoms with Crippen molar-refractivity contribution in [1.82, 2.24) is 20.0 Å². The van der Waals surface area contributed by atoms with E-state index in [1.807, 2.05) is 18.3 Å². The molecule has 1 N–H and O–H groups in total. The third-order valence-corrected chi connectivity index (χ3v) is 3.51. The van der Waals surface area contributed by atoms with Gasteiger partial charge < -0.3 is 10.2 Å². The molecule has 7 nitrogen and oxygen atoms in total. The number of pyridine rings is 1. The summed E-state index contributed by atoms with van der Waals surface area (Å²) in [6.45, 7) is 2.30. The molecule has 0 atom stereocenters. The van der Waals surface area contributed by atoms with Crippen molar-refractivity contribution in [2.75, 3.05) is 23.3 Å². The molecule has 2 aromatic rings. The summed E-state index contributed by atoms with van der Waals surface area (Å²) in [5.41, 5.74) is 1.11. The van der Waals surface area contributed by atoms with Gasteiger partial charge in [0.05, 0.1) is 18.1 Å². The summed E-state index contributed by atoms with van der Waals surface area (Å²) in [6, 6.07) is 3.84. The van der Waals surface area contributed by atoms with Gasteiger partial charge in [-0.15, -0.1) is 5.10 Å². The molecule has 1 aliphatic heterocycles. The first-order valence-electron chi connectivity index (χ1n) is 7.16. The number of carbonyl (C=O) groups is 1. The van der Waals surface area contributed by atoms with E-state index in [0.29, 0.717) is 5.82 Å². The van der Waals surface area contributed by atoms with Crippen LogP contribution in [0.3, 0.4) is 0 Å². The maximum Gasteiger partial charge on any atom is 0.247 e. The van der Waals surface area contributed by atoms with Crippen molar-refractivity contribution in [3.63, 3.8) is 0 Å². The minimum absolute atomic E-state index is 0.134. The molecule has 3 heterocycles. The van der Waals surface area contributed by atoms with Crippen LogP contribution in [0.5, 0.6) is 0 Å². The predicted molar refractivity (Wildman–Crippen MR) is 79.0 cm³/mol. The van der Waals surface area contributed by atoms with Crippen LogP contribution in [0.4, 0.5) is 11.5 Å². The molecule has 0 aromatic carbocycles. The van der Waals surface area contributed by atoms with Crippen LogP contribution < -0.4 is 10.2 Å². The van der Waals surface area contributed by atoms with Crippen molar-refractivity contribution in [2.24, 2.45) is 0 Å². The van der Waals surface area contributed by atoms with Crippen molar-refractivity contribution in [2.45, 2.75) is 25.8 Å². The highest BCUT2D eigenvalue weighted by Crippen LogP contribution is 2.19. The van der Waals surface area contributed by atoms with Crippen molar-refractivity contribution in [3.8, 4) is 0 Å². The fraction of sp³-hybridized carbons (Fsp3) is 0.429. The molecule has 7 heteroatoms. The fourth-order valence-electron chi connectivity index (χ4n) is 2.45. The Labute approximate surface area is 123 Å². The van der Waals surface area contributed by atoms with Crippen LogP contribution in [0.25, 0.3) is 0 Å². The summed E-state index contributed by atoms with van der Waals surface area (Å²) in [4.78, 5) is 18.5. The quantitative estimate of drug-likeness (QED) is 0.917. The molecule has 0 saturated carbocycles. The molecule has 1 aliphatic rings. The van der Waals surface area contributed by atoms with E-state index in [4.69, 9.17) is 0 Å². The Hall–Kier alpha value is -2.44. The number of amides is 1. The minimum atomic E-state index is -0.168. The van der Waals surface area contributed by atoms with Gasteiger partial charge in [0, 0.05) is 19.3 Å². The highest BCUT2D eigenvalue weighted by Gasteiger charge is 2.11. The number of piperidine rings is 1. The van der Waals surface area contributed by atoms with Gasteiger partial charge in [-0.2, -0.15) is 0 Å². The van der Waals surface area contributed by atoms with E-state index >= 15 is 0 Å². The number of nitrogens with zero attached hydrogens (tertiary/aromatic N) is 5. The van der Waals surface area contributed by atoms with Crippen molar-refractivity contribution in [3.05, 3.63) is 30.7 Å². The van der Waals surface area contributed by atoms with Gasteiger partial charge in [0.25, 0.3) is 0 Å². The molecule has 110 valence electrons. The molecule has 1 amide bonds. The Morgan fingerprint density at radius 1 is 1.24 bits per heavy atom. The van der Waals surface area contributed by atoms with Crippen LogP contribution in [-0.2, 0) is 11.3 Å². The van der Waals surface area contributed by atoms with E-state index in [1.165, 1.54) is 23.9 Å². The summed E-state index contributed by atoms with van der Waals surface area (Å²) in [6.07, 6.45) is 8.77. The first-order chi connectivity index (χ1) is 10.3. The molecular formula is C14H18N6O. The number of hydrogen-bond acceptors (Lipinski definition) is 5. The molecule has 1 fully saturated rings. The highest BCUT2D eigenvalue weighted by molar-refractivity contribution is 5.89. The Morgan fingerprint density at radius 3 is 2.76 bits per heavy atom. The third-order valence-electron chi connectivity index (χ3n) is 3.51. The average molecular weight is 286 g/mol. The number of carbonyl (C=O) groups excluding carboxylic acids is 1. The lowest BCUT2D eigenvalue weighted by molar-refractivity contribution is -0.116. The summed E-state index contributed by atoms with van der Waals surface area (Å²) in [5.74, 6) is 0.389. The van der Waals surface area contributed by atoms with Crippen molar-refractivity contribution >= 4 is 17.4 Å². The van der Waals surface area contributed by atoms with Crippen LogP contribution in [0.2, 0.25) is 0 Å². The van der Waals surface area contributed by atoms with E-state index in [2.05, 4.69) is 25.5 Å². The Morgan fingerprint density at radius 2 is 2.10 bits per heavy atom. The molecule has 0 aliphatic carbocycles. The first kappa shape index (κ1) is 13.5.